The van der Waals surface area contributed by atoms with Gasteiger partial charge in [-0.2, -0.15) is 5.10 Å². The second kappa shape index (κ2) is 6.46. The lowest BCUT2D eigenvalue weighted by atomic mass is 10.1. The molecule has 0 saturated heterocycles. The highest BCUT2D eigenvalue weighted by atomic mass is 16.5. The Kier molecular flexibility index (Phi) is 4.66. The van der Waals surface area contributed by atoms with Gasteiger partial charge in [0.05, 0.1) is 24.5 Å². The highest BCUT2D eigenvalue weighted by Crippen LogP contribution is 2.29. The number of hydrogen-bond acceptors (Lipinski definition) is 3. The van der Waals surface area contributed by atoms with E-state index in [0.717, 1.165) is 30.0 Å². The molecule has 0 radical (unpaired) electrons. The molecule has 2 aromatic rings. The van der Waals surface area contributed by atoms with Crippen LogP contribution in [0.4, 0.5) is 5.69 Å². The standard InChI is InChI=1S/C16H23N3O/c1-5-8-20-16-9-12(2)6-7-15(16)18-13(3)14-10-17-19(4)11-14/h6-7,9-11,13,18H,5,8H2,1-4H3. The Bertz CT molecular complexity index is 563. The lowest BCUT2D eigenvalue weighted by molar-refractivity contribution is 0.318. The van der Waals surface area contributed by atoms with Crippen molar-refractivity contribution in [2.45, 2.75) is 33.2 Å². The van der Waals surface area contributed by atoms with E-state index in [0.29, 0.717) is 0 Å². The van der Waals surface area contributed by atoms with E-state index in [1.54, 1.807) is 0 Å². The summed E-state index contributed by atoms with van der Waals surface area (Å²) in [6, 6.07) is 6.44. The molecule has 0 aliphatic rings. The first-order valence-electron chi connectivity index (χ1n) is 7.08. The predicted octanol–water partition coefficient (Wildman–Crippen LogP) is 3.69. The number of aryl methyl sites for hydroxylation is 2. The molecule has 0 aliphatic carbocycles. The van der Waals surface area contributed by atoms with Crippen LogP contribution in [-0.4, -0.2) is 16.4 Å². The first kappa shape index (κ1) is 14.4. The third-order valence-electron chi connectivity index (χ3n) is 3.20. The summed E-state index contributed by atoms with van der Waals surface area (Å²) in [6.07, 6.45) is 4.92. The van der Waals surface area contributed by atoms with Gasteiger partial charge in [-0.3, -0.25) is 4.68 Å². The summed E-state index contributed by atoms with van der Waals surface area (Å²) in [5.74, 6) is 0.919. The molecule has 108 valence electrons. The van der Waals surface area contributed by atoms with E-state index in [9.17, 15) is 0 Å². The summed E-state index contributed by atoms with van der Waals surface area (Å²) in [5.41, 5.74) is 3.39. The van der Waals surface area contributed by atoms with Gasteiger partial charge in [-0.05, 0) is 38.0 Å². The van der Waals surface area contributed by atoms with Gasteiger partial charge in [-0.1, -0.05) is 13.0 Å². The van der Waals surface area contributed by atoms with Crippen molar-refractivity contribution in [3.63, 3.8) is 0 Å². The maximum Gasteiger partial charge on any atom is 0.142 e. The Labute approximate surface area is 120 Å². The molecule has 0 spiro atoms. The zero-order chi connectivity index (χ0) is 14.5. The molecule has 1 heterocycles. The van der Waals surface area contributed by atoms with Crippen molar-refractivity contribution < 1.29 is 4.74 Å². The van der Waals surface area contributed by atoms with E-state index >= 15 is 0 Å². The largest absolute Gasteiger partial charge is 0.491 e. The summed E-state index contributed by atoms with van der Waals surface area (Å²) in [4.78, 5) is 0. The van der Waals surface area contributed by atoms with Gasteiger partial charge < -0.3 is 10.1 Å². The van der Waals surface area contributed by atoms with E-state index in [-0.39, 0.29) is 6.04 Å². The van der Waals surface area contributed by atoms with E-state index in [2.05, 4.69) is 49.4 Å². The van der Waals surface area contributed by atoms with Crippen LogP contribution in [-0.2, 0) is 7.05 Å². The number of rotatable bonds is 6. The van der Waals surface area contributed by atoms with Gasteiger partial charge in [-0.25, -0.2) is 0 Å². The predicted molar refractivity (Wildman–Crippen MR) is 82.2 cm³/mol. The molecule has 1 atom stereocenters. The van der Waals surface area contributed by atoms with Gasteiger partial charge in [0.25, 0.3) is 0 Å². The van der Waals surface area contributed by atoms with Gasteiger partial charge in [0.15, 0.2) is 0 Å². The van der Waals surface area contributed by atoms with E-state index in [1.165, 1.54) is 5.56 Å². The number of nitrogens with zero attached hydrogens (tertiary/aromatic N) is 2. The van der Waals surface area contributed by atoms with Gasteiger partial charge >= 0.3 is 0 Å². The van der Waals surface area contributed by atoms with Crippen molar-refractivity contribution in [2.75, 3.05) is 11.9 Å². The first-order valence-corrected chi connectivity index (χ1v) is 7.08. The van der Waals surface area contributed by atoms with Crippen molar-refractivity contribution in [3.8, 4) is 5.75 Å². The maximum absolute atomic E-state index is 5.83. The number of benzene rings is 1. The minimum atomic E-state index is 0.190. The van der Waals surface area contributed by atoms with Crippen LogP contribution >= 0.6 is 0 Å². The average Bonchev–Trinajstić information content (AvgIpc) is 2.85. The zero-order valence-electron chi connectivity index (χ0n) is 12.7. The maximum atomic E-state index is 5.83. The summed E-state index contributed by atoms with van der Waals surface area (Å²) in [7, 11) is 1.93. The Morgan fingerprint density at radius 1 is 1.40 bits per heavy atom. The molecular formula is C16H23N3O. The van der Waals surface area contributed by atoms with E-state index in [4.69, 9.17) is 4.74 Å². The number of anilines is 1. The molecule has 0 saturated carbocycles. The molecule has 1 aromatic heterocycles. The van der Waals surface area contributed by atoms with E-state index in [1.807, 2.05) is 24.1 Å². The monoisotopic (exact) mass is 273 g/mol. The Balaban J connectivity index is 2.15. The summed E-state index contributed by atoms with van der Waals surface area (Å²) >= 11 is 0. The molecule has 20 heavy (non-hydrogen) atoms. The highest BCUT2D eigenvalue weighted by molar-refractivity contribution is 5.58. The molecular weight excluding hydrogens is 250 g/mol. The lowest BCUT2D eigenvalue weighted by Gasteiger charge is -2.18. The van der Waals surface area contributed by atoms with E-state index < -0.39 is 0 Å². The molecule has 1 aromatic carbocycles. The minimum Gasteiger partial charge on any atom is -0.491 e. The van der Waals surface area contributed by atoms with Crippen LogP contribution in [0.1, 0.15) is 37.4 Å². The van der Waals surface area contributed by atoms with Crippen LogP contribution in [0.3, 0.4) is 0 Å². The first-order chi connectivity index (χ1) is 9.60. The van der Waals surface area contributed by atoms with Crippen molar-refractivity contribution in [2.24, 2.45) is 7.05 Å². The fourth-order valence-corrected chi connectivity index (χ4v) is 2.06. The molecule has 0 fully saturated rings. The fourth-order valence-electron chi connectivity index (χ4n) is 2.06. The van der Waals surface area contributed by atoms with Gasteiger partial charge in [0, 0.05) is 18.8 Å². The van der Waals surface area contributed by atoms with Crippen LogP contribution in [0.5, 0.6) is 5.75 Å². The second-order valence-electron chi connectivity index (χ2n) is 5.16. The minimum absolute atomic E-state index is 0.190. The summed E-state index contributed by atoms with van der Waals surface area (Å²) in [6.45, 7) is 7.05. The molecule has 4 nitrogen and oxygen atoms in total. The number of aromatic nitrogens is 2. The Morgan fingerprint density at radius 3 is 2.85 bits per heavy atom. The molecule has 0 amide bonds. The lowest BCUT2D eigenvalue weighted by Crippen LogP contribution is -2.08. The molecule has 1 N–H and O–H groups in total. The third kappa shape index (κ3) is 3.53. The smallest absolute Gasteiger partial charge is 0.142 e. The topological polar surface area (TPSA) is 39.1 Å². The van der Waals surface area contributed by atoms with Crippen LogP contribution < -0.4 is 10.1 Å². The zero-order valence-corrected chi connectivity index (χ0v) is 12.7. The third-order valence-corrected chi connectivity index (χ3v) is 3.20. The number of hydrogen-bond donors (Lipinski definition) is 1. The normalized spacial score (nSPS) is 12.2. The van der Waals surface area contributed by atoms with Crippen LogP contribution in [0.25, 0.3) is 0 Å². The quantitative estimate of drug-likeness (QED) is 0.872. The number of nitrogens with one attached hydrogen (secondary N) is 1. The van der Waals surface area contributed by atoms with Crippen molar-refractivity contribution in [1.29, 1.82) is 0 Å². The van der Waals surface area contributed by atoms with Crippen molar-refractivity contribution in [3.05, 3.63) is 41.7 Å². The van der Waals surface area contributed by atoms with Gasteiger partial charge in [-0.15, -0.1) is 0 Å². The second-order valence-corrected chi connectivity index (χ2v) is 5.16. The Morgan fingerprint density at radius 2 is 2.20 bits per heavy atom. The highest BCUT2D eigenvalue weighted by Gasteiger charge is 2.11. The molecule has 0 bridgehead atoms. The SMILES string of the molecule is CCCOc1cc(C)ccc1NC(C)c1cnn(C)c1. The van der Waals surface area contributed by atoms with Gasteiger partial charge in [0.1, 0.15) is 5.75 Å². The average molecular weight is 273 g/mol. The molecule has 2 rings (SSSR count). The van der Waals surface area contributed by atoms with Crippen molar-refractivity contribution >= 4 is 5.69 Å². The summed E-state index contributed by atoms with van der Waals surface area (Å²) < 4.78 is 7.64. The Hall–Kier alpha value is -1.97. The molecule has 4 heteroatoms. The number of ether oxygens (including phenoxy) is 1. The molecule has 1 unspecified atom stereocenters. The van der Waals surface area contributed by atoms with Crippen LogP contribution in [0.15, 0.2) is 30.6 Å². The van der Waals surface area contributed by atoms with Gasteiger partial charge in [0.2, 0.25) is 0 Å². The summed E-state index contributed by atoms with van der Waals surface area (Å²) in [5, 5.41) is 7.71. The fraction of sp³-hybridized carbons (Fsp3) is 0.438. The van der Waals surface area contributed by atoms with Crippen LogP contribution in [0, 0.1) is 6.92 Å². The van der Waals surface area contributed by atoms with Crippen molar-refractivity contribution in [1.82, 2.24) is 9.78 Å². The van der Waals surface area contributed by atoms with Crippen LogP contribution in [0.2, 0.25) is 0 Å². The molecule has 0 aliphatic heterocycles.